The van der Waals surface area contributed by atoms with Gasteiger partial charge in [0, 0.05) is 18.0 Å². The molecule has 6 heteroatoms. The first-order valence-corrected chi connectivity index (χ1v) is 6.80. The first-order valence-electron chi connectivity index (χ1n) is 6.80. The maximum Gasteiger partial charge on any atom is 0.305 e. The Bertz CT molecular complexity index is 509. The Kier molecular flexibility index (Phi) is 4.35. The molecule has 110 valence electrons. The lowest BCUT2D eigenvalue weighted by atomic mass is 9.68. The predicted molar refractivity (Wildman–Crippen MR) is 72.7 cm³/mol. The molecule has 2 atom stereocenters. The summed E-state index contributed by atoms with van der Waals surface area (Å²) in [7, 11) is 0. The average molecular weight is 282 g/mol. The molecule has 1 saturated carbocycles. The van der Waals surface area contributed by atoms with Gasteiger partial charge in [0.1, 0.15) is 0 Å². The molecule has 0 spiro atoms. The fraction of sp³-hybridized carbons (Fsp3) is 0.571. The Balaban J connectivity index is 2.32. The van der Waals surface area contributed by atoms with Crippen LogP contribution in [0.4, 0.5) is 10.1 Å². The summed E-state index contributed by atoms with van der Waals surface area (Å²) in [5.41, 5.74) is 4.96. The molecule has 0 amide bonds. The number of nitrogens with zero attached hydrogens (tertiary/aromatic N) is 1. The molecule has 1 aliphatic rings. The molecule has 1 aromatic carbocycles. The van der Waals surface area contributed by atoms with Crippen LogP contribution in [0.5, 0.6) is 0 Å². The zero-order valence-electron chi connectivity index (χ0n) is 11.2. The van der Waals surface area contributed by atoms with Crippen molar-refractivity contribution in [1.82, 2.24) is 0 Å². The predicted octanol–water partition coefficient (Wildman–Crippen LogP) is 2.16. The normalized spacial score (nSPS) is 26.4. The van der Waals surface area contributed by atoms with Gasteiger partial charge in [0.2, 0.25) is 5.82 Å². The van der Waals surface area contributed by atoms with E-state index in [4.69, 9.17) is 5.73 Å². The van der Waals surface area contributed by atoms with E-state index in [0.717, 1.165) is 18.9 Å². The number of benzene rings is 1. The number of halogens is 1. The molecule has 2 unspecified atom stereocenters. The van der Waals surface area contributed by atoms with Gasteiger partial charge in [-0.25, -0.2) is 0 Å². The van der Waals surface area contributed by atoms with Gasteiger partial charge >= 0.3 is 5.69 Å². The van der Waals surface area contributed by atoms with Crippen molar-refractivity contribution in [2.24, 2.45) is 11.1 Å². The Morgan fingerprint density at radius 3 is 2.85 bits per heavy atom. The highest BCUT2D eigenvalue weighted by molar-refractivity contribution is 5.37. The molecule has 20 heavy (non-hydrogen) atoms. The van der Waals surface area contributed by atoms with Crippen molar-refractivity contribution in [3.8, 4) is 0 Å². The molecule has 2 rings (SSSR count). The van der Waals surface area contributed by atoms with Gasteiger partial charge in [-0.3, -0.25) is 10.1 Å². The molecule has 0 heterocycles. The van der Waals surface area contributed by atoms with Gasteiger partial charge in [0.05, 0.1) is 11.0 Å². The van der Waals surface area contributed by atoms with Gasteiger partial charge in [-0.15, -0.1) is 0 Å². The molecule has 1 fully saturated rings. The highest BCUT2D eigenvalue weighted by Gasteiger charge is 2.39. The summed E-state index contributed by atoms with van der Waals surface area (Å²) in [5, 5.41) is 21.0. The van der Waals surface area contributed by atoms with Crippen molar-refractivity contribution >= 4 is 5.69 Å². The standard InChI is InChI=1S/C14H19FN2O3/c15-13-10(4-3-5-11(13)17(19)20)8-14(9-16)7-2-1-6-12(14)18/h3-5,12,18H,1-2,6-9,16H2. The number of hydrogen-bond donors (Lipinski definition) is 2. The maximum absolute atomic E-state index is 14.1. The smallest absolute Gasteiger partial charge is 0.305 e. The number of nitro benzene ring substituents is 1. The lowest BCUT2D eigenvalue weighted by Gasteiger charge is -2.41. The van der Waals surface area contributed by atoms with Crippen molar-refractivity contribution in [2.45, 2.75) is 38.2 Å². The van der Waals surface area contributed by atoms with Crippen LogP contribution in [0.3, 0.4) is 0 Å². The van der Waals surface area contributed by atoms with E-state index >= 15 is 0 Å². The Morgan fingerprint density at radius 1 is 1.50 bits per heavy atom. The van der Waals surface area contributed by atoms with Gasteiger partial charge in [-0.2, -0.15) is 4.39 Å². The Morgan fingerprint density at radius 2 is 2.25 bits per heavy atom. The maximum atomic E-state index is 14.1. The van der Waals surface area contributed by atoms with Crippen LogP contribution in [0.1, 0.15) is 31.2 Å². The van der Waals surface area contributed by atoms with Gasteiger partial charge in [0.15, 0.2) is 0 Å². The molecule has 0 aliphatic heterocycles. The molecule has 5 nitrogen and oxygen atoms in total. The van der Waals surface area contributed by atoms with Gasteiger partial charge in [-0.1, -0.05) is 25.0 Å². The summed E-state index contributed by atoms with van der Waals surface area (Å²) in [6.07, 6.45) is 2.88. The van der Waals surface area contributed by atoms with Crippen LogP contribution in [0.2, 0.25) is 0 Å². The second-order valence-electron chi connectivity index (χ2n) is 5.51. The quantitative estimate of drug-likeness (QED) is 0.654. The monoisotopic (exact) mass is 282 g/mol. The van der Waals surface area contributed by atoms with E-state index in [1.807, 2.05) is 0 Å². The van der Waals surface area contributed by atoms with Crippen molar-refractivity contribution in [3.63, 3.8) is 0 Å². The van der Waals surface area contributed by atoms with E-state index in [9.17, 15) is 19.6 Å². The van der Waals surface area contributed by atoms with E-state index < -0.39 is 27.9 Å². The van der Waals surface area contributed by atoms with Crippen LogP contribution in [-0.2, 0) is 6.42 Å². The second kappa shape index (κ2) is 5.85. The number of nitro groups is 1. The second-order valence-corrected chi connectivity index (χ2v) is 5.51. The lowest BCUT2D eigenvalue weighted by Crippen LogP contribution is -2.46. The van der Waals surface area contributed by atoms with Crippen LogP contribution in [0.15, 0.2) is 18.2 Å². The fourth-order valence-corrected chi connectivity index (χ4v) is 3.03. The van der Waals surface area contributed by atoms with Crippen LogP contribution in [-0.4, -0.2) is 22.7 Å². The summed E-state index contributed by atoms with van der Waals surface area (Å²) < 4.78 is 14.1. The minimum Gasteiger partial charge on any atom is -0.392 e. The Hall–Kier alpha value is -1.53. The van der Waals surface area contributed by atoms with E-state index in [2.05, 4.69) is 0 Å². The highest BCUT2D eigenvalue weighted by atomic mass is 19.1. The third kappa shape index (κ3) is 2.66. The molecule has 1 aliphatic carbocycles. The van der Waals surface area contributed by atoms with Gasteiger partial charge in [0.25, 0.3) is 0 Å². The minimum atomic E-state index is -0.817. The zero-order chi connectivity index (χ0) is 14.8. The van der Waals surface area contributed by atoms with Crippen molar-refractivity contribution < 1.29 is 14.4 Å². The van der Waals surface area contributed by atoms with Crippen LogP contribution >= 0.6 is 0 Å². The van der Waals surface area contributed by atoms with E-state index in [-0.39, 0.29) is 18.5 Å². The largest absolute Gasteiger partial charge is 0.392 e. The van der Waals surface area contributed by atoms with E-state index in [0.29, 0.717) is 12.8 Å². The molecular formula is C14H19FN2O3. The average Bonchev–Trinajstić information content (AvgIpc) is 2.43. The van der Waals surface area contributed by atoms with Crippen molar-refractivity contribution in [3.05, 3.63) is 39.7 Å². The third-order valence-corrected chi connectivity index (χ3v) is 4.31. The SMILES string of the molecule is NCC1(Cc2cccc([N+](=O)[O-])c2F)CCCCC1O. The summed E-state index contributed by atoms with van der Waals surface area (Å²) in [6, 6.07) is 4.14. The molecule has 1 aromatic rings. The lowest BCUT2D eigenvalue weighted by molar-refractivity contribution is -0.387. The molecule has 0 radical (unpaired) electrons. The van der Waals surface area contributed by atoms with Crippen molar-refractivity contribution in [1.29, 1.82) is 0 Å². The molecular weight excluding hydrogens is 263 g/mol. The number of aliphatic hydroxyl groups excluding tert-OH is 1. The number of hydrogen-bond acceptors (Lipinski definition) is 4. The van der Waals surface area contributed by atoms with Crippen molar-refractivity contribution in [2.75, 3.05) is 6.54 Å². The number of rotatable bonds is 4. The zero-order valence-corrected chi connectivity index (χ0v) is 11.2. The van der Waals surface area contributed by atoms with Crippen LogP contribution in [0, 0.1) is 21.3 Å². The first-order chi connectivity index (χ1) is 9.50. The molecule has 0 aromatic heterocycles. The third-order valence-electron chi connectivity index (χ3n) is 4.31. The van der Waals surface area contributed by atoms with Crippen LogP contribution in [0.25, 0.3) is 0 Å². The molecule has 3 N–H and O–H groups in total. The summed E-state index contributed by atoms with van der Waals surface area (Å²) >= 11 is 0. The summed E-state index contributed by atoms with van der Waals surface area (Å²) in [6.45, 7) is 0.246. The summed E-state index contributed by atoms with van der Waals surface area (Å²) in [5.74, 6) is -0.817. The molecule has 0 saturated heterocycles. The Labute approximate surface area is 116 Å². The summed E-state index contributed by atoms with van der Waals surface area (Å²) in [4.78, 5) is 10.0. The van der Waals surface area contributed by atoms with E-state index in [1.54, 1.807) is 0 Å². The minimum absolute atomic E-state index is 0.234. The van der Waals surface area contributed by atoms with E-state index in [1.165, 1.54) is 12.1 Å². The highest BCUT2D eigenvalue weighted by Crippen LogP contribution is 2.39. The fourth-order valence-electron chi connectivity index (χ4n) is 3.03. The first kappa shape index (κ1) is 14.9. The van der Waals surface area contributed by atoms with Gasteiger partial charge < -0.3 is 10.8 Å². The van der Waals surface area contributed by atoms with Crippen LogP contribution < -0.4 is 5.73 Å². The number of nitrogens with two attached hydrogens (primary N) is 1. The topological polar surface area (TPSA) is 89.4 Å². The van der Waals surface area contributed by atoms with Gasteiger partial charge in [-0.05, 0) is 24.8 Å². The molecule has 0 bridgehead atoms. The number of aliphatic hydroxyl groups is 1.